The minimum atomic E-state index is -0.121. The lowest BCUT2D eigenvalue weighted by atomic mass is 10.1. The zero-order valence-electron chi connectivity index (χ0n) is 15.2. The number of hydrogen-bond donors (Lipinski definition) is 2. The van der Waals surface area contributed by atoms with E-state index in [4.69, 9.17) is 17.3 Å². The normalized spacial score (nSPS) is 12.8. The average Bonchev–Trinajstić information content (AvgIpc) is 2.90. The van der Waals surface area contributed by atoms with Crippen molar-refractivity contribution in [2.45, 2.75) is 20.0 Å². The zero-order valence-corrected chi connectivity index (χ0v) is 15.9. The molecule has 0 fully saturated rings. The molecule has 7 heteroatoms. The zero-order chi connectivity index (χ0) is 19.1. The average molecular weight is 382 g/mol. The molecule has 2 aromatic carbocycles. The van der Waals surface area contributed by atoms with E-state index in [0.717, 1.165) is 33.9 Å². The molecule has 0 saturated carbocycles. The predicted molar refractivity (Wildman–Crippen MR) is 108 cm³/mol. The Balaban J connectivity index is 1.81. The highest BCUT2D eigenvalue weighted by Gasteiger charge is 2.27. The van der Waals surface area contributed by atoms with Crippen molar-refractivity contribution in [1.82, 2.24) is 9.78 Å². The maximum atomic E-state index is 13.3. The van der Waals surface area contributed by atoms with Crippen molar-refractivity contribution in [3.05, 3.63) is 69.9 Å². The van der Waals surface area contributed by atoms with E-state index in [9.17, 15) is 4.79 Å². The Kier molecular flexibility index (Phi) is 4.37. The number of amides is 1. The fourth-order valence-electron chi connectivity index (χ4n) is 3.31. The van der Waals surface area contributed by atoms with Crippen molar-refractivity contribution >= 4 is 34.7 Å². The van der Waals surface area contributed by atoms with E-state index in [0.29, 0.717) is 23.7 Å². The highest BCUT2D eigenvalue weighted by atomic mass is 35.5. The Morgan fingerprint density at radius 3 is 2.85 bits per heavy atom. The van der Waals surface area contributed by atoms with Crippen LogP contribution in [0, 0.1) is 6.92 Å². The molecule has 1 aromatic heterocycles. The highest BCUT2D eigenvalue weighted by molar-refractivity contribution is 6.31. The van der Waals surface area contributed by atoms with Crippen LogP contribution in [-0.2, 0) is 20.1 Å². The predicted octanol–water partition coefficient (Wildman–Crippen LogP) is 3.74. The number of nitrogens with zero attached hydrogens (tertiary/aromatic N) is 3. The number of aromatic nitrogens is 2. The molecule has 0 bridgehead atoms. The first kappa shape index (κ1) is 17.6. The second-order valence-corrected chi connectivity index (χ2v) is 7.10. The van der Waals surface area contributed by atoms with E-state index in [1.807, 2.05) is 32.2 Å². The van der Waals surface area contributed by atoms with E-state index >= 15 is 0 Å². The first-order valence-corrected chi connectivity index (χ1v) is 9.04. The van der Waals surface area contributed by atoms with E-state index < -0.39 is 0 Å². The van der Waals surface area contributed by atoms with Gasteiger partial charge in [-0.3, -0.25) is 9.48 Å². The van der Waals surface area contributed by atoms with Crippen LogP contribution in [0.2, 0.25) is 5.02 Å². The first-order valence-electron chi connectivity index (χ1n) is 8.67. The smallest absolute Gasteiger partial charge is 0.258 e. The molecule has 0 aliphatic carbocycles. The number of fused-ring (bicyclic) bond motifs is 2. The van der Waals surface area contributed by atoms with Crippen molar-refractivity contribution in [1.29, 1.82) is 0 Å². The van der Waals surface area contributed by atoms with Gasteiger partial charge in [0.1, 0.15) is 5.82 Å². The van der Waals surface area contributed by atoms with Gasteiger partial charge in [0.25, 0.3) is 5.91 Å². The third-order valence-electron chi connectivity index (χ3n) is 4.80. The number of halogens is 1. The van der Waals surface area contributed by atoms with Gasteiger partial charge < -0.3 is 16.0 Å². The third-order valence-corrected chi connectivity index (χ3v) is 5.16. The number of benzene rings is 2. The van der Waals surface area contributed by atoms with Crippen LogP contribution in [-0.4, -0.2) is 15.7 Å². The molecule has 27 heavy (non-hydrogen) atoms. The molecule has 4 rings (SSSR count). The summed E-state index contributed by atoms with van der Waals surface area (Å²) in [4.78, 5) is 15.1. The Morgan fingerprint density at radius 2 is 2.11 bits per heavy atom. The SMILES string of the molecule is Cc1ccc2c(c1)Nc1c(cnn1C)CN2C(=O)c1ccc(CN)c(Cl)c1. The van der Waals surface area contributed by atoms with Gasteiger partial charge in [-0.15, -0.1) is 0 Å². The van der Waals surface area contributed by atoms with Crippen LogP contribution in [0.1, 0.15) is 27.0 Å². The van der Waals surface area contributed by atoms with Crippen molar-refractivity contribution in [2.75, 3.05) is 10.2 Å². The van der Waals surface area contributed by atoms with Gasteiger partial charge >= 0.3 is 0 Å². The Hall–Kier alpha value is -2.83. The van der Waals surface area contributed by atoms with Crippen molar-refractivity contribution in [3.63, 3.8) is 0 Å². The first-order chi connectivity index (χ1) is 13.0. The third kappa shape index (κ3) is 3.07. The largest absolute Gasteiger partial charge is 0.338 e. The van der Waals surface area contributed by atoms with Crippen LogP contribution >= 0.6 is 11.6 Å². The van der Waals surface area contributed by atoms with E-state index in [1.54, 1.807) is 34.0 Å². The fourth-order valence-corrected chi connectivity index (χ4v) is 3.57. The maximum absolute atomic E-state index is 13.3. The van der Waals surface area contributed by atoms with Gasteiger partial charge in [-0.2, -0.15) is 5.10 Å². The summed E-state index contributed by atoms with van der Waals surface area (Å²) in [5.41, 5.74) is 10.8. The molecule has 0 radical (unpaired) electrons. The van der Waals surface area contributed by atoms with Crippen LogP contribution in [0.4, 0.5) is 17.2 Å². The van der Waals surface area contributed by atoms with Crippen LogP contribution < -0.4 is 16.0 Å². The standard InChI is InChI=1S/C20H20ClN5O/c1-12-3-6-18-17(7-12)24-19-15(10-23-25(19)2)11-26(18)20(27)13-4-5-14(9-22)16(21)8-13/h3-8,10,24H,9,11,22H2,1-2H3. The van der Waals surface area contributed by atoms with Crippen LogP contribution in [0.15, 0.2) is 42.6 Å². The van der Waals surface area contributed by atoms with Crippen molar-refractivity contribution in [2.24, 2.45) is 12.8 Å². The lowest BCUT2D eigenvalue weighted by molar-refractivity contribution is 0.0985. The van der Waals surface area contributed by atoms with E-state index in [2.05, 4.69) is 10.4 Å². The van der Waals surface area contributed by atoms with E-state index in [-0.39, 0.29) is 5.91 Å². The molecule has 0 spiro atoms. The molecule has 1 amide bonds. The molecule has 138 valence electrons. The maximum Gasteiger partial charge on any atom is 0.258 e. The second kappa shape index (κ2) is 6.72. The molecule has 0 unspecified atom stereocenters. The number of carbonyl (C=O) groups is 1. The highest BCUT2D eigenvalue weighted by Crippen LogP contribution is 2.37. The summed E-state index contributed by atoms with van der Waals surface area (Å²) < 4.78 is 1.78. The second-order valence-electron chi connectivity index (χ2n) is 6.69. The fraction of sp³-hybridized carbons (Fsp3) is 0.200. The summed E-state index contributed by atoms with van der Waals surface area (Å²) in [6.45, 7) is 2.78. The lowest BCUT2D eigenvalue weighted by Gasteiger charge is -2.23. The minimum Gasteiger partial charge on any atom is -0.338 e. The topological polar surface area (TPSA) is 76.2 Å². The van der Waals surface area contributed by atoms with Gasteiger partial charge in [0.15, 0.2) is 0 Å². The van der Waals surface area contributed by atoms with Crippen LogP contribution in [0.5, 0.6) is 0 Å². The van der Waals surface area contributed by atoms with Gasteiger partial charge in [-0.25, -0.2) is 0 Å². The number of aryl methyl sites for hydroxylation is 2. The number of carbonyl (C=O) groups excluding carboxylic acids is 1. The number of hydrogen-bond acceptors (Lipinski definition) is 4. The molecule has 1 aliphatic heterocycles. The summed E-state index contributed by atoms with van der Waals surface area (Å²) in [5.74, 6) is 0.762. The molecule has 0 atom stereocenters. The molecular formula is C20H20ClN5O. The molecule has 2 heterocycles. The lowest BCUT2D eigenvalue weighted by Crippen LogP contribution is -2.30. The van der Waals surface area contributed by atoms with Crippen LogP contribution in [0.3, 0.4) is 0 Å². The van der Waals surface area contributed by atoms with Gasteiger partial charge in [-0.05, 0) is 42.3 Å². The van der Waals surface area contributed by atoms with Crippen LogP contribution in [0.25, 0.3) is 0 Å². The number of nitrogens with one attached hydrogen (secondary N) is 1. The van der Waals surface area contributed by atoms with Gasteiger partial charge in [0, 0.05) is 29.7 Å². The minimum absolute atomic E-state index is 0.121. The quantitative estimate of drug-likeness (QED) is 0.708. The summed E-state index contributed by atoms with van der Waals surface area (Å²) in [6, 6.07) is 11.2. The monoisotopic (exact) mass is 381 g/mol. The summed E-state index contributed by atoms with van der Waals surface area (Å²) in [7, 11) is 1.88. The molecule has 3 aromatic rings. The Morgan fingerprint density at radius 1 is 1.30 bits per heavy atom. The van der Waals surface area contributed by atoms with Crippen molar-refractivity contribution in [3.8, 4) is 0 Å². The Bertz CT molecular complexity index is 1040. The number of anilines is 3. The van der Waals surface area contributed by atoms with Gasteiger partial charge in [0.05, 0.1) is 24.1 Å². The summed E-state index contributed by atoms with van der Waals surface area (Å²) in [6.07, 6.45) is 1.78. The molecule has 3 N–H and O–H groups in total. The summed E-state index contributed by atoms with van der Waals surface area (Å²) >= 11 is 6.27. The van der Waals surface area contributed by atoms with Crippen molar-refractivity contribution < 1.29 is 4.79 Å². The molecular weight excluding hydrogens is 362 g/mol. The summed E-state index contributed by atoms with van der Waals surface area (Å²) in [5, 5.41) is 8.24. The molecule has 6 nitrogen and oxygen atoms in total. The number of rotatable bonds is 2. The molecule has 1 aliphatic rings. The van der Waals surface area contributed by atoms with E-state index in [1.165, 1.54) is 0 Å². The molecule has 0 saturated heterocycles. The van der Waals surface area contributed by atoms with Gasteiger partial charge in [-0.1, -0.05) is 23.7 Å². The number of nitrogens with two attached hydrogens (primary N) is 1. The van der Waals surface area contributed by atoms with Gasteiger partial charge in [0.2, 0.25) is 0 Å². The Labute approximate surface area is 162 Å².